The van der Waals surface area contributed by atoms with Gasteiger partial charge in [-0.15, -0.1) is 0 Å². The minimum absolute atomic E-state index is 0.513. The van der Waals surface area contributed by atoms with E-state index in [1.54, 1.807) is 0 Å². The molecule has 0 radical (unpaired) electrons. The van der Waals surface area contributed by atoms with Crippen LogP contribution in [0.2, 0.25) is 0 Å². The van der Waals surface area contributed by atoms with Gasteiger partial charge in [-0.3, -0.25) is 0 Å². The van der Waals surface area contributed by atoms with Crippen LogP contribution in [0.25, 0.3) is 0 Å². The second-order valence-corrected chi connectivity index (χ2v) is 5.54. The number of halogens is 1. The van der Waals surface area contributed by atoms with Gasteiger partial charge < -0.3 is 10.2 Å². The van der Waals surface area contributed by atoms with Gasteiger partial charge in [-0.25, -0.2) is 0 Å². The number of nitrogens with zero attached hydrogens (tertiary/aromatic N) is 2. The van der Waals surface area contributed by atoms with Gasteiger partial charge in [0.25, 0.3) is 0 Å². The van der Waals surface area contributed by atoms with Gasteiger partial charge in [0.15, 0.2) is 0 Å². The van der Waals surface area contributed by atoms with Crippen molar-refractivity contribution in [2.24, 2.45) is 0 Å². The Labute approximate surface area is 117 Å². The summed E-state index contributed by atoms with van der Waals surface area (Å²) in [5.41, 5.74) is 1.77. The Morgan fingerprint density at radius 1 is 1.56 bits per heavy atom. The molecule has 1 aromatic rings. The molecule has 1 saturated heterocycles. The molecule has 1 aliphatic heterocycles. The van der Waals surface area contributed by atoms with Crippen molar-refractivity contribution in [3.05, 3.63) is 28.2 Å². The van der Waals surface area contributed by atoms with Crippen LogP contribution in [0.3, 0.4) is 0 Å². The fraction of sp³-hybridized carbons (Fsp3) is 0.500. The van der Waals surface area contributed by atoms with E-state index >= 15 is 0 Å². The number of rotatable bonds is 3. The van der Waals surface area contributed by atoms with Crippen molar-refractivity contribution in [2.45, 2.75) is 25.8 Å². The van der Waals surface area contributed by atoms with Crippen LogP contribution in [0.4, 0.5) is 5.69 Å². The Balaban J connectivity index is 2.01. The van der Waals surface area contributed by atoms with Gasteiger partial charge in [0.2, 0.25) is 0 Å². The molecule has 0 spiro atoms. The van der Waals surface area contributed by atoms with Crippen molar-refractivity contribution in [1.82, 2.24) is 4.90 Å². The number of nitriles is 1. The number of hydrogen-bond acceptors (Lipinski definition) is 3. The van der Waals surface area contributed by atoms with Crippen LogP contribution >= 0.6 is 15.9 Å². The highest BCUT2D eigenvalue weighted by molar-refractivity contribution is 9.10. The van der Waals surface area contributed by atoms with Gasteiger partial charge in [0.1, 0.15) is 6.07 Å². The Morgan fingerprint density at radius 2 is 2.39 bits per heavy atom. The van der Waals surface area contributed by atoms with Crippen molar-refractivity contribution in [2.75, 3.05) is 25.0 Å². The molecule has 3 nitrogen and oxygen atoms in total. The summed E-state index contributed by atoms with van der Waals surface area (Å²) in [4.78, 5) is 2.47. The third-order valence-corrected chi connectivity index (χ3v) is 4.07. The van der Waals surface area contributed by atoms with Gasteiger partial charge in [-0.2, -0.15) is 5.26 Å². The molecule has 4 heteroatoms. The molecule has 18 heavy (non-hydrogen) atoms. The Morgan fingerprint density at radius 3 is 3.06 bits per heavy atom. The molecule has 96 valence electrons. The van der Waals surface area contributed by atoms with E-state index in [2.05, 4.69) is 39.1 Å². The predicted molar refractivity (Wildman–Crippen MR) is 77.6 cm³/mol. The average molecular weight is 308 g/mol. The maximum absolute atomic E-state index is 8.89. The van der Waals surface area contributed by atoms with E-state index in [9.17, 15) is 0 Å². The number of likely N-dealkylation sites (N-methyl/N-ethyl adjacent to an activating group) is 1. The van der Waals surface area contributed by atoms with Crippen molar-refractivity contribution < 1.29 is 0 Å². The Hall–Kier alpha value is -1.05. The lowest BCUT2D eigenvalue weighted by Crippen LogP contribution is -2.41. The highest BCUT2D eigenvalue weighted by atomic mass is 79.9. The summed E-state index contributed by atoms with van der Waals surface area (Å²) in [5.74, 6) is 0. The standard InChI is InChI=1S/C14H18BrN3/c1-2-18-7-3-4-13(10-18)17-12-6-5-11(9-16)14(15)8-12/h5-6,8,13,17H,2-4,7,10H2,1H3. The fourth-order valence-electron chi connectivity index (χ4n) is 2.39. The molecule has 1 unspecified atom stereocenters. The quantitative estimate of drug-likeness (QED) is 0.932. The predicted octanol–water partition coefficient (Wildman–Crippen LogP) is 3.22. The Kier molecular flexibility index (Phi) is 4.62. The van der Waals surface area contributed by atoms with Crippen molar-refractivity contribution in [1.29, 1.82) is 5.26 Å². The average Bonchev–Trinajstić information content (AvgIpc) is 2.39. The van der Waals surface area contributed by atoms with Crippen LogP contribution in [0, 0.1) is 11.3 Å². The van der Waals surface area contributed by atoms with Gasteiger partial charge in [0, 0.05) is 22.7 Å². The molecule has 1 aromatic carbocycles. The maximum Gasteiger partial charge on any atom is 0.100 e. The van der Waals surface area contributed by atoms with E-state index in [-0.39, 0.29) is 0 Å². The first-order chi connectivity index (χ1) is 8.72. The first-order valence-corrected chi connectivity index (χ1v) is 7.20. The van der Waals surface area contributed by atoms with E-state index in [0.29, 0.717) is 11.6 Å². The largest absolute Gasteiger partial charge is 0.381 e. The first-order valence-electron chi connectivity index (χ1n) is 6.41. The lowest BCUT2D eigenvalue weighted by atomic mass is 10.1. The molecular weight excluding hydrogens is 290 g/mol. The van der Waals surface area contributed by atoms with Crippen LogP contribution in [0.1, 0.15) is 25.3 Å². The zero-order chi connectivity index (χ0) is 13.0. The van der Waals surface area contributed by atoms with Gasteiger partial charge in [0.05, 0.1) is 5.56 Å². The summed E-state index contributed by atoms with van der Waals surface area (Å²) in [6.07, 6.45) is 2.47. The Bertz CT molecular complexity index is 453. The molecule has 1 atom stereocenters. The van der Waals surface area contributed by atoms with Crippen molar-refractivity contribution in [3.63, 3.8) is 0 Å². The van der Waals surface area contributed by atoms with E-state index in [0.717, 1.165) is 23.2 Å². The second-order valence-electron chi connectivity index (χ2n) is 4.68. The first kappa shape index (κ1) is 13.4. The van der Waals surface area contributed by atoms with Crippen molar-refractivity contribution >= 4 is 21.6 Å². The zero-order valence-electron chi connectivity index (χ0n) is 10.6. The molecule has 1 heterocycles. The minimum Gasteiger partial charge on any atom is -0.381 e. The third-order valence-electron chi connectivity index (χ3n) is 3.41. The van der Waals surface area contributed by atoms with Gasteiger partial charge >= 0.3 is 0 Å². The summed E-state index contributed by atoms with van der Waals surface area (Å²) >= 11 is 3.42. The number of anilines is 1. The topological polar surface area (TPSA) is 39.1 Å². The smallest absolute Gasteiger partial charge is 0.100 e. The summed E-state index contributed by atoms with van der Waals surface area (Å²) in [6.45, 7) is 5.65. The van der Waals surface area contributed by atoms with E-state index < -0.39 is 0 Å². The van der Waals surface area contributed by atoms with E-state index in [4.69, 9.17) is 5.26 Å². The molecule has 2 rings (SSSR count). The second kappa shape index (κ2) is 6.21. The lowest BCUT2D eigenvalue weighted by Gasteiger charge is -2.32. The monoisotopic (exact) mass is 307 g/mol. The fourth-order valence-corrected chi connectivity index (χ4v) is 2.86. The molecule has 1 aliphatic rings. The van der Waals surface area contributed by atoms with Crippen molar-refractivity contribution in [3.8, 4) is 6.07 Å². The number of hydrogen-bond donors (Lipinski definition) is 1. The summed E-state index contributed by atoms with van der Waals surface area (Å²) in [5, 5.41) is 12.4. The molecule has 0 aliphatic carbocycles. The number of likely N-dealkylation sites (tertiary alicyclic amines) is 1. The number of benzene rings is 1. The van der Waals surface area contributed by atoms with Crippen LogP contribution < -0.4 is 5.32 Å². The summed E-state index contributed by atoms with van der Waals surface area (Å²) in [6, 6.07) is 8.50. The molecule has 0 bridgehead atoms. The molecular formula is C14H18BrN3. The summed E-state index contributed by atoms with van der Waals surface area (Å²) < 4.78 is 0.859. The maximum atomic E-state index is 8.89. The molecule has 1 fully saturated rings. The third kappa shape index (κ3) is 3.24. The zero-order valence-corrected chi connectivity index (χ0v) is 12.2. The van der Waals surface area contributed by atoms with Crippen LogP contribution in [-0.2, 0) is 0 Å². The normalized spacial score (nSPS) is 20.4. The minimum atomic E-state index is 0.513. The van der Waals surface area contributed by atoms with E-state index in [1.165, 1.54) is 19.4 Å². The lowest BCUT2D eigenvalue weighted by molar-refractivity contribution is 0.227. The van der Waals surface area contributed by atoms with Crippen LogP contribution in [0.15, 0.2) is 22.7 Å². The molecule has 0 saturated carbocycles. The van der Waals surface area contributed by atoms with Gasteiger partial charge in [-0.1, -0.05) is 6.92 Å². The number of nitrogens with one attached hydrogen (secondary N) is 1. The number of piperidine rings is 1. The highest BCUT2D eigenvalue weighted by Gasteiger charge is 2.18. The SMILES string of the molecule is CCN1CCCC(Nc2ccc(C#N)c(Br)c2)C1. The molecule has 0 amide bonds. The van der Waals surface area contributed by atoms with Gasteiger partial charge in [-0.05, 0) is 60.1 Å². The van der Waals surface area contributed by atoms with E-state index in [1.807, 2.05) is 18.2 Å². The summed E-state index contributed by atoms with van der Waals surface area (Å²) in [7, 11) is 0. The highest BCUT2D eigenvalue weighted by Crippen LogP contribution is 2.23. The van der Waals surface area contributed by atoms with Crippen LogP contribution in [-0.4, -0.2) is 30.6 Å². The molecule has 1 N–H and O–H groups in total. The molecule has 0 aromatic heterocycles. The van der Waals surface area contributed by atoms with Crippen LogP contribution in [0.5, 0.6) is 0 Å².